The van der Waals surface area contributed by atoms with Crippen molar-refractivity contribution in [3.8, 4) is 5.75 Å². The van der Waals surface area contributed by atoms with Crippen LogP contribution >= 0.6 is 0 Å². The van der Waals surface area contributed by atoms with Gasteiger partial charge in [-0.3, -0.25) is 4.79 Å². The molecule has 148 valence electrons. The van der Waals surface area contributed by atoms with Gasteiger partial charge in [0.15, 0.2) is 5.96 Å². The topological polar surface area (TPSA) is 81.6 Å². The number of hydrogen-bond acceptors (Lipinski definition) is 3. The molecule has 6 heteroatoms. The Bertz CT molecular complexity index is 1060. The number of ether oxygens (including phenoxy) is 1. The molecule has 1 unspecified atom stereocenters. The van der Waals surface area contributed by atoms with Gasteiger partial charge in [-0.05, 0) is 23.3 Å². The fraction of sp³-hybridized carbons (Fsp3) is 0.217. The van der Waals surface area contributed by atoms with Crippen LogP contribution in [0.25, 0.3) is 0 Å². The minimum absolute atomic E-state index is 0.00490. The Balaban J connectivity index is 1.37. The van der Waals surface area contributed by atoms with E-state index >= 15 is 0 Å². The molecule has 0 saturated heterocycles. The Kier molecular flexibility index (Phi) is 5.61. The predicted octanol–water partition coefficient (Wildman–Crippen LogP) is 2.82. The van der Waals surface area contributed by atoms with Gasteiger partial charge in [-0.2, -0.15) is 0 Å². The van der Waals surface area contributed by atoms with Crippen LogP contribution in [0.5, 0.6) is 5.75 Å². The van der Waals surface area contributed by atoms with Crippen LogP contribution in [0.1, 0.15) is 29.2 Å². The second-order valence-corrected chi connectivity index (χ2v) is 7.06. The molecule has 29 heavy (non-hydrogen) atoms. The molecule has 1 aliphatic heterocycles. The van der Waals surface area contributed by atoms with Crippen LogP contribution in [0.3, 0.4) is 0 Å². The highest BCUT2D eigenvalue weighted by Crippen LogP contribution is 2.31. The number of rotatable bonds is 5. The van der Waals surface area contributed by atoms with Gasteiger partial charge in [-0.15, -0.1) is 0 Å². The van der Waals surface area contributed by atoms with Gasteiger partial charge in [-0.1, -0.05) is 48.5 Å². The third kappa shape index (κ3) is 4.66. The molecule has 0 amide bonds. The Hall–Kier alpha value is -3.54. The molecule has 0 saturated carbocycles. The Morgan fingerprint density at radius 3 is 2.66 bits per heavy atom. The van der Waals surface area contributed by atoms with E-state index in [0.717, 1.165) is 28.9 Å². The van der Waals surface area contributed by atoms with Crippen molar-refractivity contribution >= 4 is 5.96 Å². The van der Waals surface area contributed by atoms with E-state index < -0.39 is 0 Å². The number of aromatic nitrogens is 1. The molecule has 0 aliphatic carbocycles. The maximum absolute atomic E-state index is 11.8. The lowest BCUT2D eigenvalue weighted by Gasteiger charge is -2.26. The van der Waals surface area contributed by atoms with E-state index in [1.165, 1.54) is 0 Å². The number of nitrogens with one attached hydrogen (secondary N) is 1. The summed E-state index contributed by atoms with van der Waals surface area (Å²) in [6.45, 7) is 1.71. The number of hydrogen-bond donors (Lipinski definition) is 2. The van der Waals surface area contributed by atoms with Crippen LogP contribution in [0.2, 0.25) is 0 Å². The van der Waals surface area contributed by atoms with Crippen LogP contribution < -0.4 is 21.3 Å². The molecule has 0 spiro atoms. The van der Waals surface area contributed by atoms with E-state index in [9.17, 15) is 4.79 Å². The molecular formula is C23H24N4O2. The van der Waals surface area contributed by atoms with E-state index in [0.29, 0.717) is 25.7 Å². The molecule has 6 nitrogen and oxygen atoms in total. The molecule has 2 aromatic carbocycles. The van der Waals surface area contributed by atoms with Crippen molar-refractivity contribution in [3.63, 3.8) is 0 Å². The van der Waals surface area contributed by atoms with E-state index in [1.54, 1.807) is 22.9 Å². The highest BCUT2D eigenvalue weighted by molar-refractivity contribution is 5.78. The normalized spacial score (nSPS) is 16.0. The first-order valence-corrected chi connectivity index (χ1v) is 9.70. The molecule has 0 bridgehead atoms. The number of nitrogens with two attached hydrogens (primary N) is 1. The summed E-state index contributed by atoms with van der Waals surface area (Å²) in [6.07, 6.45) is 2.64. The highest BCUT2D eigenvalue weighted by Gasteiger charge is 2.21. The summed E-state index contributed by atoms with van der Waals surface area (Å²) in [5.74, 6) is 1.32. The number of guanidine groups is 1. The summed E-state index contributed by atoms with van der Waals surface area (Å²) >= 11 is 0. The largest absolute Gasteiger partial charge is 0.493 e. The van der Waals surface area contributed by atoms with Gasteiger partial charge in [0, 0.05) is 24.2 Å². The van der Waals surface area contributed by atoms with E-state index in [4.69, 9.17) is 10.5 Å². The third-order valence-corrected chi connectivity index (χ3v) is 4.99. The maximum Gasteiger partial charge on any atom is 0.250 e. The summed E-state index contributed by atoms with van der Waals surface area (Å²) in [7, 11) is 0. The van der Waals surface area contributed by atoms with Gasteiger partial charge in [-0.25, -0.2) is 4.99 Å². The Labute approximate surface area is 169 Å². The summed E-state index contributed by atoms with van der Waals surface area (Å²) in [5.41, 5.74) is 9.35. The molecule has 1 aromatic heterocycles. The first-order chi connectivity index (χ1) is 14.2. The van der Waals surface area contributed by atoms with Crippen molar-refractivity contribution in [1.29, 1.82) is 0 Å². The first-order valence-electron chi connectivity index (χ1n) is 9.70. The minimum Gasteiger partial charge on any atom is -0.493 e. The highest BCUT2D eigenvalue weighted by atomic mass is 16.5. The SMILES string of the molecule is NC(=NCc1ccc(Cn2ccccc2=O)cc1)NC1CCOc2ccccc21. The number of pyridine rings is 1. The molecule has 0 fully saturated rings. The second-order valence-electron chi connectivity index (χ2n) is 7.06. The smallest absolute Gasteiger partial charge is 0.250 e. The molecular weight excluding hydrogens is 364 g/mol. The Morgan fingerprint density at radius 2 is 1.83 bits per heavy atom. The molecule has 1 aliphatic rings. The zero-order chi connectivity index (χ0) is 20.1. The van der Waals surface area contributed by atoms with Gasteiger partial charge in [0.05, 0.1) is 25.7 Å². The fourth-order valence-corrected chi connectivity index (χ4v) is 3.43. The lowest BCUT2D eigenvalue weighted by atomic mass is 10.0. The number of benzene rings is 2. The Morgan fingerprint density at radius 1 is 1.07 bits per heavy atom. The van der Waals surface area contributed by atoms with Crippen LogP contribution in [0.15, 0.2) is 82.7 Å². The molecule has 3 aromatic rings. The monoisotopic (exact) mass is 388 g/mol. The number of aliphatic imine (C=N–C) groups is 1. The lowest BCUT2D eigenvalue weighted by molar-refractivity contribution is 0.262. The summed E-state index contributed by atoms with van der Waals surface area (Å²) in [4.78, 5) is 16.3. The average molecular weight is 388 g/mol. The first kappa shape index (κ1) is 18.8. The quantitative estimate of drug-likeness (QED) is 0.520. The molecule has 2 heterocycles. The zero-order valence-corrected chi connectivity index (χ0v) is 16.1. The second kappa shape index (κ2) is 8.65. The molecule has 4 rings (SSSR count). The number of nitrogens with zero attached hydrogens (tertiary/aromatic N) is 2. The van der Waals surface area contributed by atoms with Gasteiger partial charge in [0.1, 0.15) is 5.75 Å². The predicted molar refractivity (Wildman–Crippen MR) is 114 cm³/mol. The summed E-state index contributed by atoms with van der Waals surface area (Å²) < 4.78 is 7.37. The lowest BCUT2D eigenvalue weighted by Crippen LogP contribution is -2.37. The minimum atomic E-state index is -0.00490. The van der Waals surface area contributed by atoms with Crippen molar-refractivity contribution in [3.05, 3.63) is 100.0 Å². The van der Waals surface area contributed by atoms with Crippen molar-refractivity contribution < 1.29 is 4.74 Å². The van der Waals surface area contributed by atoms with Crippen LogP contribution in [0, 0.1) is 0 Å². The van der Waals surface area contributed by atoms with E-state index in [-0.39, 0.29) is 11.6 Å². The number of para-hydroxylation sites is 1. The zero-order valence-electron chi connectivity index (χ0n) is 16.1. The summed E-state index contributed by atoms with van der Waals surface area (Å²) in [5, 5.41) is 3.31. The third-order valence-electron chi connectivity index (χ3n) is 4.99. The molecule has 3 N–H and O–H groups in total. The van der Waals surface area contributed by atoms with Gasteiger partial charge < -0.3 is 20.4 Å². The van der Waals surface area contributed by atoms with Crippen molar-refractivity contribution in [2.24, 2.45) is 10.7 Å². The van der Waals surface area contributed by atoms with Crippen molar-refractivity contribution in [2.75, 3.05) is 6.61 Å². The average Bonchev–Trinajstić information content (AvgIpc) is 2.75. The number of fused-ring (bicyclic) bond motifs is 1. The van der Waals surface area contributed by atoms with Crippen LogP contribution in [-0.2, 0) is 13.1 Å². The van der Waals surface area contributed by atoms with Gasteiger partial charge in [0.2, 0.25) is 0 Å². The van der Waals surface area contributed by atoms with Crippen molar-refractivity contribution in [2.45, 2.75) is 25.6 Å². The van der Waals surface area contributed by atoms with E-state index in [1.807, 2.05) is 48.5 Å². The standard InChI is InChI=1S/C23H24N4O2/c24-23(26-20-12-14-29-21-6-2-1-5-19(20)21)25-15-17-8-10-18(11-9-17)16-27-13-4-3-7-22(27)28/h1-11,13,20H,12,14-16H2,(H3,24,25,26). The molecule has 1 atom stereocenters. The summed E-state index contributed by atoms with van der Waals surface area (Å²) in [6, 6.07) is 21.3. The van der Waals surface area contributed by atoms with Gasteiger partial charge in [0.25, 0.3) is 5.56 Å². The van der Waals surface area contributed by atoms with Crippen LogP contribution in [-0.4, -0.2) is 17.1 Å². The molecule has 0 radical (unpaired) electrons. The van der Waals surface area contributed by atoms with Gasteiger partial charge >= 0.3 is 0 Å². The maximum atomic E-state index is 11.8. The van der Waals surface area contributed by atoms with Crippen LogP contribution in [0.4, 0.5) is 0 Å². The van der Waals surface area contributed by atoms with E-state index in [2.05, 4.69) is 16.4 Å². The fourth-order valence-electron chi connectivity index (χ4n) is 3.43. The van der Waals surface area contributed by atoms with Crippen molar-refractivity contribution in [1.82, 2.24) is 9.88 Å².